The standard InChI is InChI=1S/C22H21NO4/c1-26-15-7-5-14(6-8-15)21(9-10-21)19(24)16-3-2-4-17-18(16)20(25)27-22(17)11-12-23-13-22/h2-8,23H,9-13H2,1H3. The summed E-state index contributed by atoms with van der Waals surface area (Å²) >= 11 is 0. The fourth-order valence-corrected chi connectivity index (χ4v) is 4.55. The molecule has 0 aromatic heterocycles. The molecule has 1 spiro atoms. The summed E-state index contributed by atoms with van der Waals surface area (Å²) in [6.45, 7) is 1.41. The van der Waals surface area contributed by atoms with Gasteiger partial charge in [0.25, 0.3) is 0 Å². The largest absolute Gasteiger partial charge is 0.497 e. The lowest BCUT2D eigenvalue weighted by atomic mass is 9.82. The van der Waals surface area contributed by atoms with Crippen LogP contribution in [0.15, 0.2) is 42.5 Å². The van der Waals surface area contributed by atoms with Gasteiger partial charge in [0.2, 0.25) is 0 Å². The molecule has 1 unspecified atom stereocenters. The van der Waals surface area contributed by atoms with Crippen LogP contribution in [-0.4, -0.2) is 32.0 Å². The van der Waals surface area contributed by atoms with Gasteiger partial charge in [-0.1, -0.05) is 30.3 Å². The van der Waals surface area contributed by atoms with Crippen molar-refractivity contribution in [1.82, 2.24) is 5.32 Å². The first-order valence-corrected chi connectivity index (χ1v) is 9.37. The van der Waals surface area contributed by atoms with Crippen LogP contribution in [0.4, 0.5) is 0 Å². The van der Waals surface area contributed by atoms with Crippen LogP contribution in [0.3, 0.4) is 0 Å². The number of hydrogen-bond acceptors (Lipinski definition) is 5. The van der Waals surface area contributed by atoms with E-state index >= 15 is 0 Å². The molecule has 2 aromatic rings. The van der Waals surface area contributed by atoms with E-state index in [2.05, 4.69) is 5.32 Å². The lowest BCUT2D eigenvalue weighted by molar-refractivity contribution is 0.00158. The van der Waals surface area contributed by atoms with Crippen LogP contribution >= 0.6 is 0 Å². The first-order valence-electron chi connectivity index (χ1n) is 9.37. The number of nitrogens with one attached hydrogen (secondary N) is 1. The first kappa shape index (κ1) is 16.5. The molecule has 2 heterocycles. The maximum atomic E-state index is 13.5. The molecule has 2 aliphatic heterocycles. The van der Waals surface area contributed by atoms with Gasteiger partial charge in [-0.2, -0.15) is 0 Å². The Bertz CT molecular complexity index is 937. The normalized spacial score (nSPS) is 24.6. The van der Waals surface area contributed by atoms with Crippen molar-refractivity contribution >= 4 is 11.8 Å². The number of benzene rings is 2. The van der Waals surface area contributed by atoms with E-state index in [1.54, 1.807) is 13.2 Å². The first-order chi connectivity index (χ1) is 13.1. The van der Waals surface area contributed by atoms with Gasteiger partial charge in [-0.25, -0.2) is 4.79 Å². The maximum Gasteiger partial charge on any atom is 0.340 e. The van der Waals surface area contributed by atoms with Crippen molar-refractivity contribution in [3.63, 3.8) is 0 Å². The van der Waals surface area contributed by atoms with Gasteiger partial charge >= 0.3 is 5.97 Å². The molecule has 1 N–H and O–H groups in total. The molecule has 1 atom stereocenters. The van der Waals surface area contributed by atoms with Crippen LogP contribution in [0.1, 0.15) is 51.1 Å². The van der Waals surface area contributed by atoms with Crippen LogP contribution < -0.4 is 10.1 Å². The minimum Gasteiger partial charge on any atom is -0.497 e. The molecule has 27 heavy (non-hydrogen) atoms. The molecule has 1 saturated carbocycles. The van der Waals surface area contributed by atoms with E-state index in [1.165, 1.54) is 0 Å². The van der Waals surface area contributed by atoms with E-state index < -0.39 is 11.0 Å². The number of fused-ring (bicyclic) bond motifs is 2. The van der Waals surface area contributed by atoms with Crippen molar-refractivity contribution in [3.8, 4) is 5.75 Å². The quantitative estimate of drug-likeness (QED) is 0.668. The van der Waals surface area contributed by atoms with Crippen molar-refractivity contribution in [2.75, 3.05) is 20.2 Å². The second-order valence-electron chi connectivity index (χ2n) is 7.68. The minimum absolute atomic E-state index is 0.0180. The van der Waals surface area contributed by atoms with Gasteiger partial charge < -0.3 is 14.8 Å². The number of rotatable bonds is 4. The molecule has 5 heteroatoms. The molecule has 1 saturated heterocycles. The molecular weight excluding hydrogens is 342 g/mol. The third-order valence-corrected chi connectivity index (χ3v) is 6.24. The third-order valence-electron chi connectivity index (χ3n) is 6.24. The van der Waals surface area contributed by atoms with Gasteiger partial charge in [0.15, 0.2) is 11.4 Å². The van der Waals surface area contributed by atoms with Crippen molar-refractivity contribution < 1.29 is 19.1 Å². The number of methoxy groups -OCH3 is 1. The van der Waals surface area contributed by atoms with Gasteiger partial charge in [0.1, 0.15) is 5.75 Å². The van der Waals surface area contributed by atoms with E-state index in [4.69, 9.17) is 9.47 Å². The zero-order chi connectivity index (χ0) is 18.6. The Balaban J connectivity index is 1.57. The Morgan fingerprint density at radius 1 is 1.11 bits per heavy atom. The van der Waals surface area contributed by atoms with Gasteiger partial charge in [0, 0.05) is 24.1 Å². The lowest BCUT2D eigenvalue weighted by Gasteiger charge is -2.22. The van der Waals surface area contributed by atoms with Crippen molar-refractivity contribution in [1.29, 1.82) is 0 Å². The van der Waals surface area contributed by atoms with Crippen LogP contribution in [0.25, 0.3) is 0 Å². The lowest BCUT2D eigenvalue weighted by Crippen LogP contribution is -2.28. The molecule has 0 amide bonds. The van der Waals surface area contributed by atoms with Crippen LogP contribution in [0, 0.1) is 0 Å². The van der Waals surface area contributed by atoms with E-state index in [9.17, 15) is 9.59 Å². The number of Topliss-reactive ketones (excluding diaryl/α,β-unsaturated/α-hetero) is 1. The number of ether oxygens (including phenoxy) is 2. The van der Waals surface area contributed by atoms with Crippen LogP contribution in [0.5, 0.6) is 5.75 Å². The number of hydrogen-bond donors (Lipinski definition) is 1. The van der Waals surface area contributed by atoms with E-state index in [-0.39, 0.29) is 11.8 Å². The number of esters is 1. The summed E-state index contributed by atoms with van der Waals surface area (Å²) in [5.41, 5.74) is 1.65. The zero-order valence-corrected chi connectivity index (χ0v) is 15.2. The highest BCUT2D eigenvalue weighted by Crippen LogP contribution is 2.52. The Morgan fingerprint density at radius 2 is 1.89 bits per heavy atom. The minimum atomic E-state index is -0.612. The van der Waals surface area contributed by atoms with Gasteiger partial charge in [0.05, 0.1) is 18.1 Å². The summed E-state index contributed by atoms with van der Waals surface area (Å²) in [5.74, 6) is 0.412. The molecular formula is C22H21NO4. The van der Waals surface area contributed by atoms with E-state index in [1.807, 2.05) is 36.4 Å². The smallest absolute Gasteiger partial charge is 0.340 e. The fraction of sp³-hybridized carbons (Fsp3) is 0.364. The summed E-state index contributed by atoms with van der Waals surface area (Å²) in [6, 6.07) is 13.2. The van der Waals surface area contributed by atoms with E-state index in [0.29, 0.717) is 17.7 Å². The highest BCUT2D eigenvalue weighted by molar-refractivity contribution is 6.14. The highest BCUT2D eigenvalue weighted by atomic mass is 16.6. The molecule has 2 fully saturated rings. The number of carbonyl (C=O) groups excluding carboxylic acids is 2. The summed E-state index contributed by atoms with van der Waals surface area (Å²) < 4.78 is 11.0. The second kappa shape index (κ2) is 5.67. The van der Waals surface area contributed by atoms with Crippen LogP contribution in [0.2, 0.25) is 0 Å². The average molecular weight is 363 g/mol. The van der Waals surface area contributed by atoms with Crippen molar-refractivity contribution in [3.05, 3.63) is 64.7 Å². The summed E-state index contributed by atoms with van der Waals surface area (Å²) in [5, 5.41) is 3.27. The predicted molar refractivity (Wildman–Crippen MR) is 99.3 cm³/mol. The molecule has 2 aromatic carbocycles. The maximum absolute atomic E-state index is 13.5. The molecule has 1 aliphatic carbocycles. The van der Waals surface area contributed by atoms with Gasteiger partial charge in [-0.05, 0) is 37.1 Å². The Labute approximate surface area is 157 Å². The Kier molecular flexibility index (Phi) is 3.46. The van der Waals surface area contributed by atoms with Gasteiger partial charge in [-0.15, -0.1) is 0 Å². The fourth-order valence-electron chi connectivity index (χ4n) is 4.55. The number of carbonyl (C=O) groups is 2. The Hall–Kier alpha value is -2.66. The Morgan fingerprint density at radius 3 is 2.52 bits per heavy atom. The van der Waals surface area contributed by atoms with Gasteiger partial charge in [-0.3, -0.25) is 4.79 Å². The molecule has 5 rings (SSSR count). The second-order valence-corrected chi connectivity index (χ2v) is 7.68. The molecule has 3 aliphatic rings. The molecule has 5 nitrogen and oxygen atoms in total. The monoisotopic (exact) mass is 363 g/mol. The third kappa shape index (κ3) is 2.28. The summed E-state index contributed by atoms with van der Waals surface area (Å²) in [7, 11) is 1.62. The summed E-state index contributed by atoms with van der Waals surface area (Å²) in [6.07, 6.45) is 2.33. The molecule has 0 radical (unpaired) electrons. The number of ketones is 1. The zero-order valence-electron chi connectivity index (χ0n) is 15.2. The van der Waals surface area contributed by atoms with Crippen molar-refractivity contribution in [2.45, 2.75) is 30.3 Å². The summed E-state index contributed by atoms with van der Waals surface area (Å²) in [4.78, 5) is 26.2. The van der Waals surface area contributed by atoms with E-state index in [0.717, 1.165) is 42.7 Å². The van der Waals surface area contributed by atoms with Crippen molar-refractivity contribution in [2.24, 2.45) is 0 Å². The average Bonchev–Trinajstić information content (AvgIpc) is 3.30. The molecule has 0 bridgehead atoms. The molecule has 138 valence electrons. The predicted octanol–water partition coefficient (Wildman–Crippen LogP) is 2.97. The topological polar surface area (TPSA) is 64.6 Å². The SMILES string of the molecule is COc1ccc(C2(C(=O)c3cccc4c3C(=O)OC43CCNC3)CC2)cc1. The highest BCUT2D eigenvalue weighted by Gasteiger charge is 2.54. The van der Waals surface area contributed by atoms with Crippen LogP contribution in [-0.2, 0) is 15.8 Å².